The molecule has 0 radical (unpaired) electrons. The highest BCUT2D eigenvalue weighted by Crippen LogP contribution is 2.10. The fraction of sp³-hybridized carbons (Fsp3) is 0.231. The van der Waals surface area contributed by atoms with Crippen LogP contribution in [0.5, 0.6) is 5.75 Å². The smallest absolute Gasteiger partial charge is 0.303 e. The Balaban J connectivity index is 0.000000331. The zero-order valence-electron chi connectivity index (χ0n) is 9.87. The van der Waals surface area contributed by atoms with Crippen LogP contribution in [-0.4, -0.2) is 27.3 Å². The Hall–Kier alpha value is -2.30. The van der Waals surface area contributed by atoms with Crippen LogP contribution >= 0.6 is 0 Å². The summed E-state index contributed by atoms with van der Waals surface area (Å²) in [6, 6.07) is 7.18. The maximum atomic E-state index is 9.64. The number of carboxylic acid groups (broad SMARTS) is 2. The van der Waals surface area contributed by atoms with Crippen molar-refractivity contribution in [2.75, 3.05) is 0 Å². The Kier molecular flexibility index (Phi) is 7.68. The van der Waals surface area contributed by atoms with Gasteiger partial charge in [0.2, 0.25) is 0 Å². The van der Waals surface area contributed by atoms with E-state index < -0.39 is 11.9 Å². The third-order valence-electron chi connectivity index (χ3n) is 1.84. The molecule has 0 spiro atoms. The van der Waals surface area contributed by atoms with E-state index in [9.17, 15) is 9.59 Å². The molecule has 0 aromatic heterocycles. The lowest BCUT2D eigenvalue weighted by molar-refractivity contribution is -0.143. The summed E-state index contributed by atoms with van der Waals surface area (Å²) in [5, 5.41) is 24.8. The molecule has 5 nitrogen and oxygen atoms in total. The van der Waals surface area contributed by atoms with Gasteiger partial charge in [-0.2, -0.15) is 0 Å². The van der Waals surface area contributed by atoms with Gasteiger partial charge >= 0.3 is 11.9 Å². The number of allylic oxidation sites excluding steroid dienone is 1. The van der Waals surface area contributed by atoms with Crippen LogP contribution in [0.15, 0.2) is 36.9 Å². The standard InChI is InChI=1S/C9H10O.C4H6O4/c1-2-4-8-5-3-6-9(10)7-8;5-3(6)1-2-4(7)8/h2-3,5-7,10H,1,4H2;1-2H2,(H,5,6)(H,7,8). The highest BCUT2D eigenvalue weighted by Gasteiger charge is 2.00. The number of carboxylic acids is 2. The van der Waals surface area contributed by atoms with Gasteiger partial charge in [-0.15, -0.1) is 6.58 Å². The first kappa shape index (κ1) is 15.7. The van der Waals surface area contributed by atoms with Crippen molar-refractivity contribution in [2.24, 2.45) is 0 Å². The first-order valence-corrected chi connectivity index (χ1v) is 5.28. The molecule has 0 aliphatic heterocycles. The van der Waals surface area contributed by atoms with Gasteiger partial charge in [0.25, 0.3) is 0 Å². The molecule has 0 aliphatic rings. The van der Waals surface area contributed by atoms with Crippen LogP contribution in [0.25, 0.3) is 0 Å². The molecule has 18 heavy (non-hydrogen) atoms. The van der Waals surface area contributed by atoms with Crippen LogP contribution in [0.4, 0.5) is 0 Å². The zero-order valence-corrected chi connectivity index (χ0v) is 9.87. The fourth-order valence-electron chi connectivity index (χ4n) is 1.06. The Labute approximate surface area is 105 Å². The van der Waals surface area contributed by atoms with Gasteiger partial charge in [0, 0.05) is 0 Å². The number of aromatic hydroxyl groups is 1. The molecule has 1 aromatic carbocycles. The molecule has 0 heterocycles. The van der Waals surface area contributed by atoms with E-state index in [2.05, 4.69) is 6.58 Å². The second kappa shape index (κ2) is 8.81. The van der Waals surface area contributed by atoms with E-state index >= 15 is 0 Å². The monoisotopic (exact) mass is 252 g/mol. The van der Waals surface area contributed by atoms with Gasteiger partial charge in [0.1, 0.15) is 5.75 Å². The Morgan fingerprint density at radius 2 is 1.72 bits per heavy atom. The van der Waals surface area contributed by atoms with Gasteiger partial charge in [-0.05, 0) is 24.1 Å². The van der Waals surface area contributed by atoms with Gasteiger partial charge in [0.15, 0.2) is 0 Å². The molecule has 5 heteroatoms. The highest BCUT2D eigenvalue weighted by molar-refractivity contribution is 5.75. The summed E-state index contributed by atoms with van der Waals surface area (Å²) in [6.07, 6.45) is 2.04. The van der Waals surface area contributed by atoms with Crippen LogP contribution in [0, 0.1) is 0 Å². The van der Waals surface area contributed by atoms with E-state index in [1.54, 1.807) is 12.1 Å². The highest BCUT2D eigenvalue weighted by atomic mass is 16.4. The normalized spacial score (nSPS) is 8.89. The topological polar surface area (TPSA) is 94.8 Å². The molecule has 0 saturated carbocycles. The van der Waals surface area contributed by atoms with Gasteiger partial charge in [-0.25, -0.2) is 0 Å². The maximum Gasteiger partial charge on any atom is 0.303 e. The van der Waals surface area contributed by atoms with E-state index in [-0.39, 0.29) is 12.8 Å². The summed E-state index contributed by atoms with van der Waals surface area (Å²) in [5.74, 6) is -1.83. The summed E-state index contributed by atoms with van der Waals surface area (Å²) in [7, 11) is 0. The SMILES string of the molecule is C=CCc1cccc(O)c1.O=C(O)CCC(=O)O. The summed E-state index contributed by atoms with van der Waals surface area (Å²) in [5.41, 5.74) is 1.09. The van der Waals surface area contributed by atoms with E-state index in [0.717, 1.165) is 12.0 Å². The van der Waals surface area contributed by atoms with Crippen molar-refractivity contribution >= 4 is 11.9 Å². The third kappa shape index (κ3) is 8.96. The zero-order chi connectivity index (χ0) is 14.0. The minimum absolute atomic E-state index is 0.296. The van der Waals surface area contributed by atoms with Crippen molar-refractivity contribution < 1.29 is 24.9 Å². The average Bonchev–Trinajstić information content (AvgIpc) is 2.28. The number of hydrogen-bond acceptors (Lipinski definition) is 3. The van der Waals surface area contributed by atoms with E-state index in [0.29, 0.717) is 5.75 Å². The largest absolute Gasteiger partial charge is 0.508 e. The molecule has 3 N–H and O–H groups in total. The molecule has 1 rings (SSSR count). The molecular formula is C13H16O5. The second-order valence-corrected chi connectivity index (χ2v) is 3.45. The van der Waals surface area contributed by atoms with Crippen LogP contribution < -0.4 is 0 Å². The summed E-state index contributed by atoms with van der Waals surface area (Å²) < 4.78 is 0. The molecule has 0 unspecified atom stereocenters. The second-order valence-electron chi connectivity index (χ2n) is 3.45. The molecular weight excluding hydrogens is 236 g/mol. The van der Waals surface area contributed by atoms with Crippen molar-refractivity contribution in [1.82, 2.24) is 0 Å². The number of aliphatic carboxylic acids is 2. The molecule has 98 valence electrons. The van der Waals surface area contributed by atoms with Crippen molar-refractivity contribution in [2.45, 2.75) is 19.3 Å². The Morgan fingerprint density at radius 1 is 1.17 bits per heavy atom. The molecule has 0 bridgehead atoms. The third-order valence-corrected chi connectivity index (χ3v) is 1.84. The predicted molar refractivity (Wildman–Crippen MR) is 66.5 cm³/mol. The van der Waals surface area contributed by atoms with E-state index in [1.165, 1.54) is 0 Å². The maximum absolute atomic E-state index is 9.64. The Bertz CT molecular complexity index is 398. The Morgan fingerprint density at radius 3 is 2.11 bits per heavy atom. The first-order valence-electron chi connectivity index (χ1n) is 5.28. The van der Waals surface area contributed by atoms with E-state index in [4.69, 9.17) is 15.3 Å². The van der Waals surface area contributed by atoms with Gasteiger partial charge < -0.3 is 15.3 Å². The van der Waals surface area contributed by atoms with Crippen molar-refractivity contribution in [1.29, 1.82) is 0 Å². The molecule has 0 fully saturated rings. The minimum atomic E-state index is -1.08. The van der Waals surface area contributed by atoms with Gasteiger partial charge in [-0.3, -0.25) is 9.59 Å². The van der Waals surface area contributed by atoms with Crippen molar-refractivity contribution in [3.63, 3.8) is 0 Å². The van der Waals surface area contributed by atoms with Crippen LogP contribution in [0.2, 0.25) is 0 Å². The molecule has 0 atom stereocenters. The number of phenols is 1. The first-order chi connectivity index (χ1) is 8.45. The fourth-order valence-corrected chi connectivity index (χ4v) is 1.06. The summed E-state index contributed by atoms with van der Waals surface area (Å²) >= 11 is 0. The van der Waals surface area contributed by atoms with Crippen LogP contribution in [0.1, 0.15) is 18.4 Å². The number of rotatable bonds is 5. The predicted octanol–water partition coefficient (Wildman–Crippen LogP) is 2.06. The van der Waals surface area contributed by atoms with E-state index in [1.807, 2.05) is 18.2 Å². The van der Waals surface area contributed by atoms with Gasteiger partial charge in [-0.1, -0.05) is 18.2 Å². The lowest BCUT2D eigenvalue weighted by Gasteiger charge is -1.95. The molecule has 0 aliphatic carbocycles. The summed E-state index contributed by atoms with van der Waals surface area (Å²) in [4.78, 5) is 19.3. The number of hydrogen-bond donors (Lipinski definition) is 3. The van der Waals surface area contributed by atoms with Crippen LogP contribution in [0.3, 0.4) is 0 Å². The van der Waals surface area contributed by atoms with Gasteiger partial charge in [0.05, 0.1) is 12.8 Å². The lowest BCUT2D eigenvalue weighted by Crippen LogP contribution is -2.00. The number of carbonyl (C=O) groups is 2. The lowest BCUT2D eigenvalue weighted by atomic mass is 10.1. The number of benzene rings is 1. The molecule has 0 saturated heterocycles. The average molecular weight is 252 g/mol. The minimum Gasteiger partial charge on any atom is -0.508 e. The molecule has 1 aromatic rings. The number of phenolic OH excluding ortho intramolecular Hbond substituents is 1. The van der Waals surface area contributed by atoms with Crippen molar-refractivity contribution in [3.05, 3.63) is 42.5 Å². The van der Waals surface area contributed by atoms with Crippen molar-refractivity contribution in [3.8, 4) is 5.75 Å². The van der Waals surface area contributed by atoms with Crippen LogP contribution in [-0.2, 0) is 16.0 Å². The summed E-state index contributed by atoms with van der Waals surface area (Å²) in [6.45, 7) is 3.60. The quantitative estimate of drug-likeness (QED) is 0.697. The molecule has 0 amide bonds.